The van der Waals surface area contributed by atoms with Gasteiger partial charge in [0.2, 0.25) is 21.8 Å². The van der Waals surface area contributed by atoms with E-state index in [2.05, 4.69) is 15.4 Å². The Morgan fingerprint density at radius 1 is 1.08 bits per heavy atom. The largest absolute Gasteiger partial charge is 0.353 e. The van der Waals surface area contributed by atoms with E-state index in [9.17, 15) is 18.0 Å². The molecule has 8 nitrogen and oxygen atoms in total. The van der Waals surface area contributed by atoms with Gasteiger partial charge in [0.25, 0.3) is 0 Å². The van der Waals surface area contributed by atoms with Gasteiger partial charge >= 0.3 is 0 Å². The van der Waals surface area contributed by atoms with Crippen molar-refractivity contribution in [3.05, 3.63) is 30.3 Å². The molecule has 5 N–H and O–H groups in total. The predicted molar refractivity (Wildman–Crippen MR) is 90.5 cm³/mol. The summed E-state index contributed by atoms with van der Waals surface area (Å²) in [6.07, 6.45) is 0. The third-order valence-corrected chi connectivity index (χ3v) is 4.71. The maximum Gasteiger partial charge on any atom is 0.240 e. The number of benzene rings is 1. The van der Waals surface area contributed by atoms with Gasteiger partial charge in [-0.2, -0.15) is 0 Å². The standard InChI is InChI=1S/C15H24N4O4S/c1-11(2)14(16)15(21)18-10-13(20)17-8-9-19-24(22,23)12-6-4-3-5-7-12/h3-7,11,14,19H,8-10,16H2,1-2H3,(H,17,20)(H,18,21)/t14-/m0/s1. The van der Waals surface area contributed by atoms with Crippen LogP contribution >= 0.6 is 0 Å². The molecule has 0 fully saturated rings. The van der Waals surface area contributed by atoms with E-state index < -0.39 is 27.9 Å². The normalized spacial score (nSPS) is 12.7. The molecular formula is C15H24N4O4S. The van der Waals surface area contributed by atoms with Gasteiger partial charge in [-0.25, -0.2) is 13.1 Å². The number of amides is 2. The van der Waals surface area contributed by atoms with Crippen LogP contribution in [0, 0.1) is 5.92 Å². The van der Waals surface area contributed by atoms with E-state index >= 15 is 0 Å². The van der Waals surface area contributed by atoms with E-state index in [0.717, 1.165) is 0 Å². The molecule has 1 rings (SSSR count). The molecule has 1 atom stereocenters. The van der Waals surface area contributed by atoms with E-state index in [-0.39, 0.29) is 30.4 Å². The highest BCUT2D eigenvalue weighted by Gasteiger charge is 2.17. The van der Waals surface area contributed by atoms with Gasteiger partial charge in [0.15, 0.2) is 0 Å². The van der Waals surface area contributed by atoms with Crippen molar-refractivity contribution < 1.29 is 18.0 Å². The molecule has 0 bridgehead atoms. The zero-order chi connectivity index (χ0) is 18.2. The summed E-state index contributed by atoms with van der Waals surface area (Å²) >= 11 is 0. The maximum absolute atomic E-state index is 11.9. The molecule has 0 unspecified atom stereocenters. The van der Waals surface area contributed by atoms with Gasteiger partial charge in [-0.15, -0.1) is 0 Å². The lowest BCUT2D eigenvalue weighted by Crippen LogP contribution is -2.47. The minimum Gasteiger partial charge on any atom is -0.353 e. The van der Waals surface area contributed by atoms with Crippen LogP contribution < -0.4 is 21.1 Å². The lowest BCUT2D eigenvalue weighted by Gasteiger charge is -2.15. The third kappa shape index (κ3) is 6.65. The Balaban J connectivity index is 2.28. The zero-order valence-electron chi connectivity index (χ0n) is 13.8. The monoisotopic (exact) mass is 356 g/mol. The second kappa shape index (κ2) is 9.36. The van der Waals surface area contributed by atoms with Crippen molar-refractivity contribution in [1.29, 1.82) is 0 Å². The lowest BCUT2D eigenvalue weighted by molar-refractivity contribution is -0.127. The third-order valence-electron chi connectivity index (χ3n) is 3.24. The molecule has 0 aromatic heterocycles. The van der Waals surface area contributed by atoms with Crippen LogP contribution in [0.2, 0.25) is 0 Å². The van der Waals surface area contributed by atoms with Gasteiger partial charge in [0, 0.05) is 13.1 Å². The molecule has 0 heterocycles. The first-order valence-corrected chi connectivity index (χ1v) is 9.07. The van der Waals surface area contributed by atoms with E-state index in [4.69, 9.17) is 5.73 Å². The second-order valence-corrected chi connectivity index (χ2v) is 7.32. The molecule has 0 spiro atoms. The van der Waals surface area contributed by atoms with Gasteiger partial charge in [-0.3, -0.25) is 9.59 Å². The average Bonchev–Trinajstić information content (AvgIpc) is 2.56. The summed E-state index contributed by atoms with van der Waals surface area (Å²) in [5, 5.41) is 4.94. The van der Waals surface area contributed by atoms with Crippen LogP contribution in [-0.2, 0) is 19.6 Å². The van der Waals surface area contributed by atoms with Crippen molar-refractivity contribution in [3.8, 4) is 0 Å². The van der Waals surface area contributed by atoms with E-state index in [0.29, 0.717) is 0 Å². The SMILES string of the molecule is CC(C)[C@H](N)C(=O)NCC(=O)NCCNS(=O)(=O)c1ccccc1. The van der Waals surface area contributed by atoms with Crippen molar-refractivity contribution in [2.24, 2.45) is 11.7 Å². The van der Waals surface area contributed by atoms with Gasteiger partial charge in [-0.1, -0.05) is 32.0 Å². The highest BCUT2D eigenvalue weighted by Crippen LogP contribution is 2.06. The molecule has 9 heteroatoms. The molecule has 1 aromatic carbocycles. The number of carbonyl (C=O) groups is 2. The predicted octanol–water partition coefficient (Wildman–Crippen LogP) is -0.819. The van der Waals surface area contributed by atoms with E-state index in [1.165, 1.54) is 12.1 Å². The fourth-order valence-corrected chi connectivity index (χ4v) is 2.77. The van der Waals surface area contributed by atoms with Crippen LogP contribution in [0.1, 0.15) is 13.8 Å². The smallest absolute Gasteiger partial charge is 0.240 e. The van der Waals surface area contributed by atoms with Crippen molar-refractivity contribution in [3.63, 3.8) is 0 Å². The topological polar surface area (TPSA) is 130 Å². The molecular weight excluding hydrogens is 332 g/mol. The molecule has 134 valence electrons. The Labute approximate surface area is 142 Å². The van der Waals surface area contributed by atoms with E-state index in [1.807, 2.05) is 13.8 Å². The van der Waals surface area contributed by atoms with Gasteiger partial charge in [0.1, 0.15) is 0 Å². The average molecular weight is 356 g/mol. The first-order chi connectivity index (χ1) is 11.2. The molecule has 24 heavy (non-hydrogen) atoms. The summed E-state index contributed by atoms with van der Waals surface area (Å²) in [5.74, 6) is -0.844. The van der Waals surface area contributed by atoms with Crippen LogP contribution in [0.3, 0.4) is 0 Å². The Morgan fingerprint density at radius 2 is 1.71 bits per heavy atom. The number of carbonyl (C=O) groups excluding carboxylic acids is 2. The molecule has 0 aliphatic carbocycles. The van der Waals surface area contributed by atoms with Crippen LogP contribution in [0.15, 0.2) is 35.2 Å². The first-order valence-electron chi connectivity index (χ1n) is 7.58. The number of rotatable bonds is 9. The Bertz CT molecular complexity index is 647. The Morgan fingerprint density at radius 3 is 2.29 bits per heavy atom. The van der Waals surface area contributed by atoms with E-state index in [1.54, 1.807) is 18.2 Å². The lowest BCUT2D eigenvalue weighted by atomic mass is 10.1. The maximum atomic E-state index is 11.9. The summed E-state index contributed by atoms with van der Waals surface area (Å²) in [4.78, 5) is 23.3. The summed E-state index contributed by atoms with van der Waals surface area (Å²) in [6.45, 7) is 3.57. The number of sulfonamides is 1. The number of hydrogen-bond donors (Lipinski definition) is 4. The van der Waals surface area contributed by atoms with Gasteiger partial charge < -0.3 is 16.4 Å². The fraction of sp³-hybridized carbons (Fsp3) is 0.467. The molecule has 0 saturated carbocycles. The molecule has 1 aromatic rings. The van der Waals surface area contributed by atoms with Crippen molar-refractivity contribution in [2.45, 2.75) is 24.8 Å². The summed E-state index contributed by atoms with van der Waals surface area (Å²) in [7, 11) is -3.59. The fourth-order valence-electron chi connectivity index (χ4n) is 1.72. The number of hydrogen-bond acceptors (Lipinski definition) is 5. The minimum absolute atomic E-state index is 0.0274. The van der Waals surface area contributed by atoms with Crippen LogP contribution in [-0.4, -0.2) is 45.9 Å². The number of nitrogens with one attached hydrogen (secondary N) is 3. The second-order valence-electron chi connectivity index (χ2n) is 5.55. The zero-order valence-corrected chi connectivity index (χ0v) is 14.6. The van der Waals surface area contributed by atoms with Crippen molar-refractivity contribution in [1.82, 2.24) is 15.4 Å². The van der Waals surface area contributed by atoms with Crippen molar-refractivity contribution >= 4 is 21.8 Å². The number of nitrogens with two attached hydrogens (primary N) is 1. The van der Waals surface area contributed by atoms with Crippen LogP contribution in [0.5, 0.6) is 0 Å². The van der Waals surface area contributed by atoms with Gasteiger partial charge in [0.05, 0.1) is 17.5 Å². The highest BCUT2D eigenvalue weighted by atomic mass is 32.2. The van der Waals surface area contributed by atoms with Crippen LogP contribution in [0.4, 0.5) is 0 Å². The quantitative estimate of drug-likeness (QED) is 0.430. The summed E-state index contributed by atoms with van der Waals surface area (Å²) in [5.41, 5.74) is 5.65. The molecule has 0 saturated heterocycles. The van der Waals surface area contributed by atoms with Crippen molar-refractivity contribution in [2.75, 3.05) is 19.6 Å². The Hall–Kier alpha value is -1.97. The molecule has 0 aliphatic heterocycles. The highest BCUT2D eigenvalue weighted by molar-refractivity contribution is 7.89. The Kier molecular flexibility index (Phi) is 7.83. The summed E-state index contributed by atoms with van der Waals surface area (Å²) < 4.78 is 26.3. The molecule has 0 radical (unpaired) electrons. The molecule has 0 aliphatic rings. The molecule has 2 amide bonds. The minimum atomic E-state index is -3.59. The van der Waals surface area contributed by atoms with Gasteiger partial charge in [-0.05, 0) is 18.1 Å². The summed E-state index contributed by atoms with van der Waals surface area (Å²) in [6, 6.07) is 7.26. The van der Waals surface area contributed by atoms with Crippen LogP contribution in [0.25, 0.3) is 0 Å². The first kappa shape index (κ1) is 20.1.